The third-order valence-corrected chi connectivity index (χ3v) is 22.1. The van der Waals surface area contributed by atoms with Gasteiger partial charge in [0.15, 0.2) is 0 Å². The van der Waals surface area contributed by atoms with Crippen LogP contribution in [0.25, 0.3) is 0 Å². The van der Waals surface area contributed by atoms with Crippen molar-refractivity contribution in [1.82, 2.24) is 29.4 Å². The van der Waals surface area contributed by atoms with Crippen molar-refractivity contribution < 1.29 is 84.7 Å². The van der Waals surface area contributed by atoms with Gasteiger partial charge in [0, 0.05) is 81.5 Å². The van der Waals surface area contributed by atoms with Crippen molar-refractivity contribution in [3.63, 3.8) is 0 Å². The number of hydrogen-bond donors (Lipinski definition) is 0. The summed E-state index contributed by atoms with van der Waals surface area (Å²) in [5, 5.41) is 0. The Kier molecular flexibility index (Phi) is 34.0. The zero-order chi connectivity index (χ0) is 94.8. The quantitative estimate of drug-likeness (QED) is 0.0480. The Morgan fingerprint density at radius 2 is 0.592 bits per heavy atom. The molecule has 3 unspecified atom stereocenters. The van der Waals surface area contributed by atoms with Crippen molar-refractivity contribution in [1.29, 1.82) is 0 Å². The molecule has 0 N–H and O–H groups in total. The van der Waals surface area contributed by atoms with Crippen molar-refractivity contribution in [3.8, 4) is 34.5 Å². The fourth-order valence-electron chi connectivity index (χ4n) is 15.5. The van der Waals surface area contributed by atoms with Crippen LogP contribution < -0.4 is 28.9 Å². The highest BCUT2D eigenvalue weighted by Gasteiger charge is 2.45. The summed E-state index contributed by atoms with van der Waals surface area (Å²) in [6.45, 7) is 30.9. The first-order valence-electron chi connectivity index (χ1n) is 42.8. The molecular formula is C100H113Cl3F3N9O15. The third-order valence-electron chi connectivity index (χ3n) is 21.4. The van der Waals surface area contributed by atoms with Gasteiger partial charge < -0.3 is 52.9 Å². The standard InChI is InChI=1S/C34H39ClFN3O5.2C33H37ClFN3O5/c1-22-18-28(43-27-10-8-7-9-11-27)16-17-29(22)39(30(40)19-35)31(25-12-14-26(36)15-13-25)32(41)37-20-23(2)38(24(3)21-37)33(42)44-34(4,5)6;2*1-22-19-27(42-26-9-7-6-8-10-26)15-16-28(22)38(29(39)20-34)30(24-11-13-25(35)14-12-24)31(40)36-17-18-37(23(2)21-36)32(41)43-33(3,4)5/h7-18,23-24,31H,19-21H2,1-6H3;2*6-16,19,23,30H,17-18,20-21H2,1-5H3/t23-,24+,31?;2*23-,30?/m.10/s1. The fourth-order valence-corrected chi connectivity index (χ4v) is 15.9. The minimum absolute atomic E-state index is 0.214. The summed E-state index contributed by atoms with van der Waals surface area (Å²) in [6, 6.07) is 55.2. The first-order valence-corrected chi connectivity index (χ1v) is 44.4. The third kappa shape index (κ3) is 26.5. The van der Waals surface area contributed by atoms with Gasteiger partial charge in [-0.1, -0.05) is 91.0 Å². The van der Waals surface area contributed by atoms with Crippen molar-refractivity contribution in [2.45, 2.75) is 170 Å². The molecule has 3 saturated heterocycles. The average Bonchev–Trinajstić information content (AvgIpc) is 0.755. The smallest absolute Gasteiger partial charge is 0.410 e. The predicted octanol–water partition coefficient (Wildman–Crippen LogP) is 20.5. The molecule has 0 saturated carbocycles. The molecule has 0 aliphatic carbocycles. The Labute approximate surface area is 773 Å². The molecule has 9 aromatic carbocycles. The molecule has 3 aliphatic rings. The van der Waals surface area contributed by atoms with Crippen molar-refractivity contribution >= 4 is 106 Å². The van der Waals surface area contributed by atoms with Crippen LogP contribution in [0.2, 0.25) is 0 Å². The van der Waals surface area contributed by atoms with Gasteiger partial charge in [-0.05, 0) is 272 Å². The van der Waals surface area contributed by atoms with Crippen LogP contribution in [0.15, 0.2) is 218 Å². The van der Waals surface area contributed by atoms with Crippen molar-refractivity contribution in [3.05, 3.63) is 269 Å². The van der Waals surface area contributed by atoms with E-state index in [1.165, 1.54) is 87.5 Å². The van der Waals surface area contributed by atoms with E-state index in [0.717, 1.165) is 0 Å². The lowest BCUT2D eigenvalue weighted by molar-refractivity contribution is -0.138. The number of piperazine rings is 3. The lowest BCUT2D eigenvalue weighted by Crippen LogP contribution is -2.62. The molecule has 12 rings (SSSR count). The maximum atomic E-state index is 14.5. The number of hydrogen-bond acceptors (Lipinski definition) is 15. The molecule has 0 radical (unpaired) electrons. The van der Waals surface area contributed by atoms with E-state index in [0.29, 0.717) is 84.9 Å². The molecule has 9 amide bonds. The molecule has 3 heterocycles. The molecule has 3 aliphatic heterocycles. The highest BCUT2D eigenvalue weighted by atomic mass is 35.5. The van der Waals surface area contributed by atoms with Gasteiger partial charge in [0.1, 0.15) is 105 Å². The summed E-state index contributed by atoms with van der Waals surface area (Å²) in [5.74, 6) is -1.52. The number of anilines is 3. The Hall–Kier alpha value is -12.3. The van der Waals surface area contributed by atoms with E-state index in [-0.39, 0.29) is 112 Å². The highest BCUT2D eigenvalue weighted by Crippen LogP contribution is 2.41. The van der Waals surface area contributed by atoms with Gasteiger partial charge in [0.2, 0.25) is 17.7 Å². The second kappa shape index (κ2) is 44.3. The number of carbonyl (C=O) groups excluding carboxylic acids is 9. The summed E-state index contributed by atoms with van der Waals surface area (Å²) < 4.78 is 76.6. The molecule has 0 aromatic heterocycles. The summed E-state index contributed by atoms with van der Waals surface area (Å²) in [4.78, 5) is 136. The summed E-state index contributed by atoms with van der Waals surface area (Å²) in [5.41, 5.74) is 2.73. The van der Waals surface area contributed by atoms with Gasteiger partial charge in [-0.15, -0.1) is 34.8 Å². The first-order chi connectivity index (χ1) is 61.5. The molecule has 690 valence electrons. The van der Waals surface area contributed by atoms with Crippen LogP contribution in [-0.4, -0.2) is 194 Å². The van der Waals surface area contributed by atoms with E-state index in [9.17, 15) is 56.3 Å². The number of aryl methyl sites for hydroxylation is 3. The van der Waals surface area contributed by atoms with Gasteiger partial charge in [-0.25, -0.2) is 27.6 Å². The lowest BCUT2D eigenvalue weighted by atomic mass is 9.99. The monoisotopic (exact) mass is 1840 g/mol. The zero-order valence-corrected chi connectivity index (χ0v) is 78.3. The molecule has 9 aromatic rings. The van der Waals surface area contributed by atoms with Gasteiger partial charge in [-0.2, -0.15) is 0 Å². The Morgan fingerprint density at radius 1 is 0.338 bits per heavy atom. The van der Waals surface area contributed by atoms with Gasteiger partial charge >= 0.3 is 18.3 Å². The molecule has 30 heteroatoms. The topological polar surface area (TPSA) is 238 Å². The second-order valence-corrected chi connectivity index (χ2v) is 35.9. The van der Waals surface area contributed by atoms with Crippen LogP contribution in [0.5, 0.6) is 34.5 Å². The van der Waals surface area contributed by atoms with Crippen LogP contribution in [0, 0.1) is 38.2 Å². The molecule has 130 heavy (non-hydrogen) atoms. The summed E-state index contributed by atoms with van der Waals surface area (Å²) in [7, 11) is 0. The molecule has 0 spiro atoms. The number of carbonyl (C=O) groups is 9. The minimum atomic E-state index is -1.14. The Morgan fingerprint density at radius 3 is 0.838 bits per heavy atom. The van der Waals surface area contributed by atoms with Crippen LogP contribution in [0.1, 0.15) is 142 Å². The number of alkyl halides is 3. The molecular weight excluding hydrogens is 1730 g/mol. The molecule has 3 fully saturated rings. The molecule has 7 atom stereocenters. The first kappa shape index (κ1) is 99.8. The number of halogens is 6. The van der Waals surface area contributed by atoms with Crippen molar-refractivity contribution in [2.24, 2.45) is 0 Å². The number of nitrogens with zero attached hydrogens (tertiary/aromatic N) is 9. The van der Waals surface area contributed by atoms with Gasteiger partial charge in [0.25, 0.3) is 17.7 Å². The SMILES string of the molecule is Cc1cc(Oc2ccccc2)ccc1N(C(=O)CCl)C(C(=O)N1CCN(C(=O)OC(C)(C)C)[C@@H](C)C1)c1ccc(F)cc1.Cc1cc(Oc2ccccc2)ccc1N(C(=O)CCl)C(C(=O)N1CCN(C(=O)OC(C)(C)C)[C@H](C)C1)c1ccc(F)cc1.Cc1cc(Oc2ccccc2)ccc1N(C(=O)CCl)C(C(=O)N1C[C@@H](C)N(C(=O)OC(C)(C)C)[C@@H](C)C1)c1ccc(F)cc1. The average molecular weight is 1840 g/mol. The van der Waals surface area contributed by atoms with E-state index in [1.807, 2.05) is 139 Å². The van der Waals surface area contributed by atoms with Gasteiger partial charge in [-0.3, -0.25) is 48.4 Å². The van der Waals surface area contributed by atoms with Crippen LogP contribution in [0.4, 0.5) is 44.6 Å². The Balaban J connectivity index is 0.000000203. The van der Waals surface area contributed by atoms with E-state index in [1.54, 1.807) is 146 Å². The van der Waals surface area contributed by atoms with Crippen molar-refractivity contribution in [2.75, 3.05) is 84.7 Å². The number of benzene rings is 9. The lowest BCUT2D eigenvalue weighted by Gasteiger charge is -2.46. The largest absolute Gasteiger partial charge is 0.457 e. The summed E-state index contributed by atoms with van der Waals surface area (Å²) >= 11 is 18.3. The second-order valence-electron chi connectivity index (χ2n) is 35.1. The van der Waals surface area contributed by atoms with E-state index in [2.05, 4.69) is 0 Å². The number of amides is 9. The number of ether oxygens (including phenoxy) is 6. The Bertz CT molecular complexity index is 5190. The van der Waals surface area contributed by atoms with Crippen LogP contribution >= 0.6 is 34.8 Å². The van der Waals surface area contributed by atoms with Crippen LogP contribution in [-0.2, 0) is 43.0 Å². The highest BCUT2D eigenvalue weighted by molar-refractivity contribution is 6.31. The number of rotatable bonds is 21. The van der Waals surface area contributed by atoms with Crippen LogP contribution in [0.3, 0.4) is 0 Å². The fraction of sp³-hybridized carbons (Fsp3) is 0.370. The predicted molar refractivity (Wildman–Crippen MR) is 497 cm³/mol. The van der Waals surface area contributed by atoms with E-state index in [4.69, 9.17) is 63.2 Å². The molecule has 0 bridgehead atoms. The van der Waals surface area contributed by atoms with E-state index < -0.39 is 88.4 Å². The maximum absolute atomic E-state index is 14.5. The van der Waals surface area contributed by atoms with Gasteiger partial charge in [0.05, 0.1) is 12.1 Å². The number of para-hydroxylation sites is 3. The molecule has 24 nitrogen and oxygen atoms in total. The maximum Gasteiger partial charge on any atom is 0.410 e. The zero-order valence-electron chi connectivity index (χ0n) is 76.0. The summed E-state index contributed by atoms with van der Waals surface area (Å²) in [6.07, 6.45) is -1.35. The minimum Gasteiger partial charge on any atom is -0.457 e. The normalized spacial score (nSPS) is 16.5. The van der Waals surface area contributed by atoms with E-state index >= 15 is 0 Å².